The minimum absolute atomic E-state index is 0.144. The summed E-state index contributed by atoms with van der Waals surface area (Å²) in [6.45, 7) is 8.16. The minimum atomic E-state index is -0.480. The molecule has 1 aliphatic carbocycles. The first-order valence-corrected chi connectivity index (χ1v) is 7.18. The molecule has 0 bridgehead atoms. The fourth-order valence-electron chi connectivity index (χ4n) is 2.84. The molecule has 1 saturated carbocycles. The largest absolute Gasteiger partial charge is 0.463 e. The standard InChI is InChI=1S/C15H26O4/c1-5-18-13(16)10-19-14(17)11(2)12-7-6-8-15(3,4)9-12/h11-12H,5-10H2,1-4H3. The normalized spacial score (nSPS) is 23.5. The molecule has 0 saturated heterocycles. The summed E-state index contributed by atoms with van der Waals surface area (Å²) in [7, 11) is 0. The molecule has 2 unspecified atom stereocenters. The summed E-state index contributed by atoms with van der Waals surface area (Å²) in [4.78, 5) is 23.1. The maximum Gasteiger partial charge on any atom is 0.344 e. The summed E-state index contributed by atoms with van der Waals surface area (Å²) in [6, 6.07) is 0. The molecular formula is C15H26O4. The van der Waals surface area contributed by atoms with Crippen LogP contribution in [-0.2, 0) is 19.1 Å². The second-order valence-electron chi connectivity index (χ2n) is 6.22. The molecule has 110 valence electrons. The molecule has 4 heteroatoms. The van der Waals surface area contributed by atoms with E-state index >= 15 is 0 Å². The summed E-state index contributed by atoms with van der Waals surface area (Å²) in [6.07, 6.45) is 4.49. The highest BCUT2D eigenvalue weighted by Crippen LogP contribution is 2.41. The third kappa shape index (κ3) is 5.21. The number of carbonyl (C=O) groups excluding carboxylic acids is 2. The molecule has 0 aromatic carbocycles. The van der Waals surface area contributed by atoms with E-state index in [4.69, 9.17) is 9.47 Å². The highest BCUT2D eigenvalue weighted by atomic mass is 16.6. The van der Waals surface area contributed by atoms with Gasteiger partial charge < -0.3 is 9.47 Å². The van der Waals surface area contributed by atoms with Gasteiger partial charge in [-0.05, 0) is 37.5 Å². The summed E-state index contributed by atoms with van der Waals surface area (Å²) < 4.78 is 9.76. The van der Waals surface area contributed by atoms with Crippen molar-refractivity contribution in [2.75, 3.05) is 13.2 Å². The van der Waals surface area contributed by atoms with Gasteiger partial charge in [-0.3, -0.25) is 4.79 Å². The van der Waals surface area contributed by atoms with Gasteiger partial charge in [-0.1, -0.05) is 27.2 Å². The van der Waals surface area contributed by atoms with Gasteiger partial charge in [-0.25, -0.2) is 4.79 Å². The SMILES string of the molecule is CCOC(=O)COC(=O)C(C)C1CCCC(C)(C)C1. The van der Waals surface area contributed by atoms with Gasteiger partial charge in [0.15, 0.2) is 6.61 Å². The lowest BCUT2D eigenvalue weighted by Gasteiger charge is -2.37. The van der Waals surface area contributed by atoms with E-state index in [1.54, 1.807) is 6.92 Å². The van der Waals surface area contributed by atoms with Crippen LogP contribution in [0.4, 0.5) is 0 Å². The molecule has 1 fully saturated rings. The zero-order valence-corrected chi connectivity index (χ0v) is 12.5. The Hall–Kier alpha value is -1.06. The van der Waals surface area contributed by atoms with E-state index in [0.717, 1.165) is 19.3 Å². The van der Waals surface area contributed by atoms with Crippen LogP contribution >= 0.6 is 0 Å². The van der Waals surface area contributed by atoms with Crippen molar-refractivity contribution in [2.24, 2.45) is 17.3 Å². The number of hydrogen-bond acceptors (Lipinski definition) is 4. The Kier molecular flexibility index (Phi) is 5.83. The van der Waals surface area contributed by atoms with E-state index in [0.29, 0.717) is 17.9 Å². The van der Waals surface area contributed by atoms with Gasteiger partial charge in [-0.2, -0.15) is 0 Å². The Labute approximate surface area is 115 Å². The van der Waals surface area contributed by atoms with Crippen molar-refractivity contribution in [2.45, 2.75) is 53.4 Å². The van der Waals surface area contributed by atoms with Crippen LogP contribution in [0.1, 0.15) is 53.4 Å². The molecule has 0 aromatic rings. The van der Waals surface area contributed by atoms with Gasteiger partial charge in [-0.15, -0.1) is 0 Å². The highest BCUT2D eigenvalue weighted by molar-refractivity contribution is 5.77. The van der Waals surface area contributed by atoms with Crippen molar-refractivity contribution in [1.82, 2.24) is 0 Å². The second-order valence-corrected chi connectivity index (χ2v) is 6.22. The molecule has 0 aromatic heterocycles. The molecule has 1 rings (SSSR count). The Morgan fingerprint density at radius 3 is 2.58 bits per heavy atom. The van der Waals surface area contributed by atoms with E-state index in [1.807, 2.05) is 6.92 Å². The fraction of sp³-hybridized carbons (Fsp3) is 0.867. The first-order valence-electron chi connectivity index (χ1n) is 7.18. The quantitative estimate of drug-likeness (QED) is 0.721. The van der Waals surface area contributed by atoms with Gasteiger partial charge in [0, 0.05) is 0 Å². The summed E-state index contributed by atoms with van der Waals surface area (Å²) >= 11 is 0. The van der Waals surface area contributed by atoms with E-state index in [1.165, 1.54) is 6.42 Å². The average Bonchev–Trinajstić information content (AvgIpc) is 2.34. The summed E-state index contributed by atoms with van der Waals surface area (Å²) in [5.41, 5.74) is 0.304. The predicted molar refractivity (Wildman–Crippen MR) is 72.5 cm³/mol. The van der Waals surface area contributed by atoms with E-state index in [2.05, 4.69) is 13.8 Å². The monoisotopic (exact) mass is 270 g/mol. The van der Waals surface area contributed by atoms with Crippen LogP contribution in [0.5, 0.6) is 0 Å². The van der Waals surface area contributed by atoms with Crippen LogP contribution < -0.4 is 0 Å². The lowest BCUT2D eigenvalue weighted by Crippen LogP contribution is -2.32. The Morgan fingerprint density at radius 2 is 2.00 bits per heavy atom. The fourth-order valence-corrected chi connectivity index (χ4v) is 2.84. The third-order valence-electron chi connectivity index (χ3n) is 3.96. The number of esters is 2. The van der Waals surface area contributed by atoms with Crippen LogP contribution in [0, 0.1) is 17.3 Å². The maximum absolute atomic E-state index is 11.9. The van der Waals surface area contributed by atoms with Crippen molar-refractivity contribution in [3.63, 3.8) is 0 Å². The van der Waals surface area contributed by atoms with Crippen molar-refractivity contribution >= 4 is 11.9 Å². The van der Waals surface area contributed by atoms with Gasteiger partial charge in [0.1, 0.15) is 0 Å². The molecule has 1 aliphatic rings. The average molecular weight is 270 g/mol. The third-order valence-corrected chi connectivity index (χ3v) is 3.96. The van der Waals surface area contributed by atoms with Crippen molar-refractivity contribution in [1.29, 1.82) is 0 Å². The maximum atomic E-state index is 11.9. The van der Waals surface area contributed by atoms with Crippen molar-refractivity contribution in [3.05, 3.63) is 0 Å². The number of rotatable bonds is 5. The predicted octanol–water partition coefficient (Wildman–Crippen LogP) is 2.95. The molecule has 0 spiro atoms. The van der Waals surface area contributed by atoms with Gasteiger partial charge in [0.25, 0.3) is 0 Å². The topological polar surface area (TPSA) is 52.6 Å². The lowest BCUT2D eigenvalue weighted by atomic mass is 9.68. The molecule has 2 atom stereocenters. The number of hydrogen-bond donors (Lipinski definition) is 0. The molecule has 0 N–H and O–H groups in total. The summed E-state index contributed by atoms with van der Waals surface area (Å²) in [5.74, 6) is -0.546. The van der Waals surface area contributed by atoms with Crippen molar-refractivity contribution in [3.8, 4) is 0 Å². The van der Waals surface area contributed by atoms with Crippen LogP contribution in [0.15, 0.2) is 0 Å². The van der Waals surface area contributed by atoms with Crippen LogP contribution in [0.2, 0.25) is 0 Å². The van der Waals surface area contributed by atoms with E-state index < -0.39 is 5.97 Å². The summed E-state index contributed by atoms with van der Waals surface area (Å²) in [5, 5.41) is 0. The first-order chi connectivity index (χ1) is 8.85. The minimum Gasteiger partial charge on any atom is -0.463 e. The zero-order valence-electron chi connectivity index (χ0n) is 12.5. The van der Waals surface area contributed by atoms with Crippen LogP contribution in [0.25, 0.3) is 0 Å². The van der Waals surface area contributed by atoms with Gasteiger partial charge in [0.2, 0.25) is 0 Å². The van der Waals surface area contributed by atoms with E-state index in [9.17, 15) is 9.59 Å². The van der Waals surface area contributed by atoms with E-state index in [-0.39, 0.29) is 18.5 Å². The lowest BCUT2D eigenvalue weighted by molar-refractivity contribution is -0.162. The molecule has 0 amide bonds. The molecular weight excluding hydrogens is 244 g/mol. The molecule has 4 nitrogen and oxygen atoms in total. The number of carbonyl (C=O) groups is 2. The number of ether oxygens (including phenoxy) is 2. The van der Waals surface area contributed by atoms with Crippen molar-refractivity contribution < 1.29 is 19.1 Å². The molecule has 19 heavy (non-hydrogen) atoms. The van der Waals surface area contributed by atoms with Gasteiger partial charge in [0.05, 0.1) is 12.5 Å². The second kappa shape index (κ2) is 6.92. The highest BCUT2D eigenvalue weighted by Gasteiger charge is 2.34. The molecule has 0 heterocycles. The molecule has 0 aliphatic heterocycles. The van der Waals surface area contributed by atoms with Gasteiger partial charge >= 0.3 is 11.9 Å². The Morgan fingerprint density at radius 1 is 1.32 bits per heavy atom. The Bertz CT molecular complexity index is 322. The Balaban J connectivity index is 2.41. The molecule has 0 radical (unpaired) electrons. The zero-order chi connectivity index (χ0) is 14.5. The van der Waals surface area contributed by atoms with Crippen LogP contribution in [0.3, 0.4) is 0 Å². The first kappa shape index (κ1) is 16.0. The smallest absolute Gasteiger partial charge is 0.344 e. The van der Waals surface area contributed by atoms with Crippen LogP contribution in [-0.4, -0.2) is 25.2 Å².